The van der Waals surface area contributed by atoms with Crippen molar-refractivity contribution in [1.82, 2.24) is 29.5 Å². The summed E-state index contributed by atoms with van der Waals surface area (Å²) in [4.78, 5) is 35.7. The van der Waals surface area contributed by atoms with Crippen LogP contribution >= 0.6 is 0 Å². The Kier molecular flexibility index (Phi) is 6.25. The molecule has 3 aromatic heterocycles. The van der Waals surface area contributed by atoms with E-state index >= 15 is 0 Å². The highest BCUT2D eigenvalue weighted by Gasteiger charge is 2.23. The molecule has 0 saturated heterocycles. The zero-order valence-electron chi connectivity index (χ0n) is 16.0. The van der Waals surface area contributed by atoms with Crippen LogP contribution in [0.1, 0.15) is 10.4 Å². The molecule has 0 aliphatic heterocycles. The summed E-state index contributed by atoms with van der Waals surface area (Å²) >= 11 is 0. The lowest BCUT2D eigenvalue weighted by Crippen LogP contribution is -2.37. The van der Waals surface area contributed by atoms with Gasteiger partial charge >= 0.3 is 22.3 Å². The molecular weight excluding hydrogens is 434 g/mol. The standard InChI is InChI=1S/C16H15N7O7S/c1-28-12-7-13(29-2)20-15(19-12)21-16(25)22-31(26,27)30-14(24)10-8-18-23(9-10)11-5-3-4-6-17-11/h3-9H,1-2H3,(H2,19,20,21,22,25). The number of anilines is 1. The van der Waals surface area contributed by atoms with Crippen LogP contribution < -0.4 is 19.5 Å². The minimum Gasteiger partial charge on any atom is -0.481 e. The minimum absolute atomic E-state index is 0.0568. The number of rotatable bonds is 7. The number of pyridine rings is 1. The molecule has 0 saturated carbocycles. The number of aromatic nitrogens is 5. The topological polar surface area (TPSA) is 177 Å². The van der Waals surface area contributed by atoms with E-state index in [4.69, 9.17) is 9.47 Å². The summed E-state index contributed by atoms with van der Waals surface area (Å²) < 4.78 is 40.9. The van der Waals surface area contributed by atoms with Gasteiger partial charge in [0.05, 0.1) is 32.0 Å². The third kappa shape index (κ3) is 5.63. The number of carbonyl (C=O) groups excluding carboxylic acids is 2. The molecule has 0 unspecified atom stereocenters. The molecule has 0 aromatic carbocycles. The van der Waals surface area contributed by atoms with Gasteiger partial charge in [-0.05, 0) is 12.1 Å². The summed E-state index contributed by atoms with van der Waals surface area (Å²) in [7, 11) is -2.17. The van der Waals surface area contributed by atoms with Crippen LogP contribution in [0, 0.1) is 0 Å². The van der Waals surface area contributed by atoms with Crippen LogP contribution in [0.3, 0.4) is 0 Å². The molecule has 162 valence electrons. The van der Waals surface area contributed by atoms with Gasteiger partial charge in [0, 0.05) is 12.4 Å². The lowest BCUT2D eigenvalue weighted by molar-refractivity contribution is 0.0745. The van der Waals surface area contributed by atoms with E-state index in [0.717, 1.165) is 6.20 Å². The Hall–Kier alpha value is -4.27. The molecule has 0 fully saturated rings. The zero-order chi connectivity index (χ0) is 22.4. The second kappa shape index (κ2) is 9.04. The maximum atomic E-state index is 12.1. The quantitative estimate of drug-likeness (QED) is 0.507. The zero-order valence-corrected chi connectivity index (χ0v) is 16.9. The van der Waals surface area contributed by atoms with Gasteiger partial charge in [0.15, 0.2) is 5.82 Å². The molecule has 3 heterocycles. The van der Waals surface area contributed by atoms with Gasteiger partial charge in [-0.3, -0.25) is 5.32 Å². The maximum absolute atomic E-state index is 12.1. The van der Waals surface area contributed by atoms with Gasteiger partial charge in [0.25, 0.3) is 0 Å². The number of nitrogens with one attached hydrogen (secondary N) is 2. The Labute approximate surface area is 175 Å². The van der Waals surface area contributed by atoms with Gasteiger partial charge in [-0.15, -0.1) is 0 Å². The van der Waals surface area contributed by atoms with Crippen LogP contribution in [0.4, 0.5) is 10.7 Å². The monoisotopic (exact) mass is 449 g/mol. The molecular formula is C16H15N7O7S. The molecule has 0 aliphatic rings. The van der Waals surface area contributed by atoms with Gasteiger partial charge in [-0.25, -0.2) is 24.0 Å². The van der Waals surface area contributed by atoms with Gasteiger partial charge in [-0.1, -0.05) is 6.07 Å². The molecule has 0 bridgehead atoms. The molecule has 0 radical (unpaired) electrons. The van der Waals surface area contributed by atoms with Crippen LogP contribution in [0.25, 0.3) is 5.82 Å². The lowest BCUT2D eigenvalue weighted by atomic mass is 10.4. The van der Waals surface area contributed by atoms with Gasteiger partial charge in [0.2, 0.25) is 17.7 Å². The van der Waals surface area contributed by atoms with Crippen molar-refractivity contribution in [2.75, 3.05) is 19.5 Å². The SMILES string of the molecule is COc1cc(OC)nc(NC(=O)NS(=O)(=O)OC(=O)c2cnn(-c3ccccn3)c2)n1. The second-order valence-corrected chi connectivity index (χ2v) is 6.80. The summed E-state index contributed by atoms with van der Waals surface area (Å²) in [6.07, 6.45) is 3.82. The molecule has 14 nitrogen and oxygen atoms in total. The lowest BCUT2D eigenvalue weighted by Gasteiger charge is -2.09. The first-order valence-electron chi connectivity index (χ1n) is 8.30. The summed E-state index contributed by atoms with van der Waals surface area (Å²) in [5, 5.41) is 5.96. The Balaban J connectivity index is 1.64. The van der Waals surface area contributed by atoms with Crippen molar-refractivity contribution >= 4 is 28.3 Å². The van der Waals surface area contributed by atoms with E-state index in [0.29, 0.717) is 5.82 Å². The van der Waals surface area contributed by atoms with Crippen molar-refractivity contribution in [3.05, 3.63) is 48.4 Å². The summed E-state index contributed by atoms with van der Waals surface area (Å²) in [5.41, 5.74) is -0.183. The Morgan fingerprint density at radius 3 is 2.42 bits per heavy atom. The number of urea groups is 1. The average Bonchev–Trinajstić information content (AvgIpc) is 3.23. The largest absolute Gasteiger partial charge is 0.481 e. The van der Waals surface area contributed by atoms with Gasteiger partial charge < -0.3 is 13.7 Å². The number of ether oxygens (including phenoxy) is 2. The predicted octanol–water partition coefficient (Wildman–Crippen LogP) is 0.298. The molecule has 0 spiro atoms. The average molecular weight is 449 g/mol. The van der Waals surface area contributed by atoms with Crippen LogP contribution in [0.2, 0.25) is 0 Å². The highest BCUT2D eigenvalue weighted by molar-refractivity contribution is 7.85. The van der Waals surface area contributed by atoms with E-state index in [1.165, 1.54) is 42.1 Å². The number of nitrogens with zero attached hydrogens (tertiary/aromatic N) is 5. The van der Waals surface area contributed by atoms with E-state index < -0.39 is 22.3 Å². The number of hydrogen-bond donors (Lipinski definition) is 2. The second-order valence-electron chi connectivity index (χ2n) is 5.52. The molecule has 15 heteroatoms. The van der Waals surface area contributed by atoms with E-state index in [-0.39, 0.29) is 23.3 Å². The predicted molar refractivity (Wildman–Crippen MR) is 103 cm³/mol. The molecule has 0 aliphatic carbocycles. The highest BCUT2D eigenvalue weighted by atomic mass is 32.2. The van der Waals surface area contributed by atoms with E-state index in [1.807, 2.05) is 0 Å². The fourth-order valence-corrected chi connectivity index (χ4v) is 2.74. The Morgan fingerprint density at radius 1 is 1.10 bits per heavy atom. The van der Waals surface area contributed by atoms with Crippen LogP contribution in [0.5, 0.6) is 11.8 Å². The highest BCUT2D eigenvalue weighted by Crippen LogP contribution is 2.17. The molecule has 0 atom stereocenters. The Bertz CT molecular complexity index is 1180. The molecule has 3 rings (SSSR count). The normalized spacial score (nSPS) is 10.8. The van der Waals surface area contributed by atoms with Crippen LogP contribution in [-0.4, -0.2) is 59.4 Å². The van der Waals surface area contributed by atoms with Gasteiger partial charge in [-0.2, -0.15) is 23.5 Å². The molecule has 2 amide bonds. The van der Waals surface area contributed by atoms with E-state index in [9.17, 15) is 18.0 Å². The maximum Gasteiger partial charge on any atom is 0.413 e. The van der Waals surface area contributed by atoms with E-state index in [2.05, 4.69) is 29.6 Å². The van der Waals surface area contributed by atoms with Crippen LogP contribution in [0.15, 0.2) is 42.9 Å². The summed E-state index contributed by atoms with van der Waals surface area (Å²) in [6, 6.07) is 5.08. The van der Waals surface area contributed by atoms with Crippen LogP contribution in [-0.2, 0) is 14.5 Å². The van der Waals surface area contributed by atoms with Gasteiger partial charge in [0.1, 0.15) is 0 Å². The summed E-state index contributed by atoms with van der Waals surface area (Å²) in [5.74, 6) is -1.06. The molecule has 2 N–H and O–H groups in total. The first-order valence-corrected chi connectivity index (χ1v) is 9.71. The van der Waals surface area contributed by atoms with Crippen molar-refractivity contribution in [3.63, 3.8) is 0 Å². The van der Waals surface area contributed by atoms with Crippen molar-refractivity contribution in [1.29, 1.82) is 0 Å². The molecule has 3 aromatic rings. The number of amides is 2. The van der Waals surface area contributed by atoms with E-state index in [1.54, 1.807) is 18.2 Å². The van der Waals surface area contributed by atoms with Crippen molar-refractivity contribution in [2.24, 2.45) is 0 Å². The molecule has 31 heavy (non-hydrogen) atoms. The fraction of sp³-hybridized carbons (Fsp3) is 0.125. The number of hydrogen-bond acceptors (Lipinski definition) is 11. The first kappa shape index (κ1) is 21.4. The third-order valence-electron chi connectivity index (χ3n) is 3.43. The van der Waals surface area contributed by atoms with Crippen molar-refractivity contribution in [3.8, 4) is 17.6 Å². The smallest absolute Gasteiger partial charge is 0.413 e. The summed E-state index contributed by atoms with van der Waals surface area (Å²) in [6.45, 7) is 0. The van der Waals surface area contributed by atoms with Crippen molar-refractivity contribution < 1.29 is 31.7 Å². The van der Waals surface area contributed by atoms with Crippen molar-refractivity contribution in [2.45, 2.75) is 0 Å². The minimum atomic E-state index is -4.82. The number of carbonyl (C=O) groups is 2. The fourth-order valence-electron chi connectivity index (χ4n) is 2.12. The first-order chi connectivity index (χ1) is 14.8. The number of methoxy groups -OCH3 is 2. The Morgan fingerprint density at radius 2 is 1.81 bits per heavy atom. The third-order valence-corrected chi connectivity index (χ3v) is 4.23.